The van der Waals surface area contributed by atoms with Crippen LogP contribution in [0.2, 0.25) is 0 Å². The number of hydrogen-bond acceptors (Lipinski definition) is 8. The summed E-state index contributed by atoms with van der Waals surface area (Å²) in [6.07, 6.45) is 0.845. The summed E-state index contributed by atoms with van der Waals surface area (Å²) in [5, 5.41) is 9.96. The molecule has 0 amide bonds. The second-order valence-electron chi connectivity index (χ2n) is 6.37. The maximum absolute atomic E-state index is 14.5. The lowest BCUT2D eigenvalue weighted by Crippen LogP contribution is -2.47. The van der Waals surface area contributed by atoms with Gasteiger partial charge in [0.25, 0.3) is 0 Å². The summed E-state index contributed by atoms with van der Waals surface area (Å²) in [7, 11) is 0. The summed E-state index contributed by atoms with van der Waals surface area (Å²) >= 11 is 0. The number of nitrogens with zero attached hydrogens (tertiary/aromatic N) is 3. The minimum absolute atomic E-state index is 0.0496. The maximum atomic E-state index is 14.5. The van der Waals surface area contributed by atoms with E-state index in [2.05, 4.69) is 16.6 Å². The number of aliphatic hydroxyl groups is 1. The molecule has 2 aliphatic rings. The molecular formula is C18H20F2N4O4. The Morgan fingerprint density at radius 1 is 1.50 bits per heavy atom. The number of ether oxygens (including phenoxy) is 2. The smallest absolute Gasteiger partial charge is 0.320 e. The van der Waals surface area contributed by atoms with Crippen LogP contribution in [0, 0.1) is 0 Å². The van der Waals surface area contributed by atoms with E-state index in [1.54, 1.807) is 18.5 Å². The first-order chi connectivity index (χ1) is 13.3. The Bertz CT molecular complexity index is 800. The molecule has 28 heavy (non-hydrogen) atoms. The number of carbonyl (C=O) groups excluding carboxylic acids is 1. The van der Waals surface area contributed by atoms with Gasteiger partial charge in [0, 0.05) is 25.0 Å². The van der Waals surface area contributed by atoms with Gasteiger partial charge in [-0.2, -0.15) is 8.78 Å². The van der Waals surface area contributed by atoms with E-state index in [0.29, 0.717) is 6.42 Å². The van der Waals surface area contributed by atoms with Crippen LogP contribution in [0.4, 0.5) is 8.78 Å². The van der Waals surface area contributed by atoms with Gasteiger partial charge in [-0.15, -0.1) is 0 Å². The van der Waals surface area contributed by atoms with Crippen LogP contribution < -0.4 is 5.73 Å². The van der Waals surface area contributed by atoms with E-state index in [4.69, 9.17) is 15.2 Å². The number of amidine groups is 1. The van der Waals surface area contributed by atoms with Gasteiger partial charge in [-0.25, -0.2) is 4.99 Å². The van der Waals surface area contributed by atoms with Crippen molar-refractivity contribution in [3.63, 3.8) is 0 Å². The number of nitrogens with two attached hydrogens (primary N) is 1. The van der Waals surface area contributed by atoms with Crippen LogP contribution in [0.15, 0.2) is 54.2 Å². The first-order valence-corrected chi connectivity index (χ1v) is 8.54. The fourth-order valence-electron chi connectivity index (χ4n) is 2.85. The third-order valence-electron chi connectivity index (χ3n) is 4.34. The summed E-state index contributed by atoms with van der Waals surface area (Å²) in [6, 6.07) is 3.55. The number of aliphatic imine (C=N–C) groups is 1. The summed E-state index contributed by atoms with van der Waals surface area (Å²) in [5.41, 5.74) is 6.34. The zero-order valence-corrected chi connectivity index (χ0v) is 14.9. The highest BCUT2D eigenvalue weighted by atomic mass is 19.3. The van der Waals surface area contributed by atoms with E-state index in [1.165, 1.54) is 12.3 Å². The third kappa shape index (κ3) is 4.18. The average molecular weight is 394 g/mol. The van der Waals surface area contributed by atoms with Crippen LogP contribution >= 0.6 is 0 Å². The fourth-order valence-corrected chi connectivity index (χ4v) is 2.85. The van der Waals surface area contributed by atoms with E-state index in [1.807, 2.05) is 6.07 Å². The molecule has 0 unspecified atom stereocenters. The predicted molar refractivity (Wildman–Crippen MR) is 94.9 cm³/mol. The molecule has 3 rings (SSSR count). The lowest BCUT2D eigenvalue weighted by Gasteiger charge is -2.31. The highest BCUT2D eigenvalue weighted by Gasteiger charge is 2.61. The molecule has 3 atom stereocenters. The monoisotopic (exact) mass is 394 g/mol. The molecule has 0 aromatic carbocycles. The lowest BCUT2D eigenvalue weighted by atomic mass is 10.1. The SMILES string of the molecule is C=C1N=C(N)C=CN1[C@@H]1O[C@H](COC(=O)CCc2cccnc2)[C@@H](O)C1(F)F. The highest BCUT2D eigenvalue weighted by molar-refractivity contribution is 5.92. The first-order valence-electron chi connectivity index (χ1n) is 8.54. The van der Waals surface area contributed by atoms with E-state index in [9.17, 15) is 18.7 Å². The van der Waals surface area contributed by atoms with Gasteiger partial charge in [0.1, 0.15) is 24.4 Å². The van der Waals surface area contributed by atoms with Crippen LogP contribution in [0.25, 0.3) is 0 Å². The van der Waals surface area contributed by atoms with Gasteiger partial charge in [0.2, 0.25) is 6.23 Å². The molecular weight excluding hydrogens is 374 g/mol. The Hall–Kier alpha value is -2.85. The number of halogens is 2. The number of hydrogen-bond donors (Lipinski definition) is 2. The third-order valence-corrected chi connectivity index (χ3v) is 4.34. The Morgan fingerprint density at radius 3 is 2.96 bits per heavy atom. The van der Waals surface area contributed by atoms with Crippen molar-refractivity contribution in [1.29, 1.82) is 0 Å². The summed E-state index contributed by atoms with van der Waals surface area (Å²) in [4.78, 5) is 20.6. The predicted octanol–water partition coefficient (Wildman–Crippen LogP) is 0.936. The van der Waals surface area contributed by atoms with Crippen LogP contribution in [-0.4, -0.2) is 57.8 Å². The van der Waals surface area contributed by atoms with Gasteiger partial charge < -0.3 is 25.2 Å². The molecule has 0 radical (unpaired) electrons. The van der Waals surface area contributed by atoms with Gasteiger partial charge in [0.15, 0.2) is 6.10 Å². The zero-order valence-electron chi connectivity index (χ0n) is 14.9. The molecule has 2 aliphatic heterocycles. The Labute approximate surface area is 160 Å². The molecule has 1 fully saturated rings. The minimum atomic E-state index is -3.64. The minimum Gasteiger partial charge on any atom is -0.463 e. The van der Waals surface area contributed by atoms with Gasteiger partial charge in [-0.1, -0.05) is 12.6 Å². The van der Waals surface area contributed by atoms with Crippen molar-refractivity contribution >= 4 is 11.8 Å². The van der Waals surface area contributed by atoms with Gasteiger partial charge in [-0.05, 0) is 24.1 Å². The van der Waals surface area contributed by atoms with E-state index >= 15 is 0 Å². The van der Waals surface area contributed by atoms with Crippen molar-refractivity contribution < 1.29 is 28.2 Å². The van der Waals surface area contributed by atoms with E-state index < -0.39 is 36.9 Å². The molecule has 0 bridgehead atoms. The van der Waals surface area contributed by atoms with Crippen LogP contribution in [0.3, 0.4) is 0 Å². The van der Waals surface area contributed by atoms with Crippen LogP contribution in [-0.2, 0) is 20.7 Å². The maximum Gasteiger partial charge on any atom is 0.320 e. The van der Waals surface area contributed by atoms with Crippen molar-refractivity contribution in [2.45, 2.75) is 37.2 Å². The molecule has 8 nitrogen and oxygen atoms in total. The number of esters is 1. The molecule has 1 saturated heterocycles. The summed E-state index contributed by atoms with van der Waals surface area (Å²) < 4.78 is 39.2. The largest absolute Gasteiger partial charge is 0.463 e. The van der Waals surface area contributed by atoms with E-state index in [0.717, 1.165) is 10.5 Å². The van der Waals surface area contributed by atoms with Gasteiger partial charge in [0.05, 0.1) is 0 Å². The van der Waals surface area contributed by atoms with Crippen molar-refractivity contribution in [2.75, 3.05) is 6.61 Å². The molecule has 3 N–H and O–H groups in total. The summed E-state index contributed by atoms with van der Waals surface area (Å²) in [5.74, 6) is -4.17. The molecule has 0 saturated carbocycles. The number of pyridine rings is 1. The van der Waals surface area contributed by atoms with Crippen molar-refractivity contribution in [2.24, 2.45) is 10.7 Å². The molecule has 10 heteroatoms. The molecule has 0 aliphatic carbocycles. The van der Waals surface area contributed by atoms with Crippen molar-refractivity contribution in [1.82, 2.24) is 9.88 Å². The highest BCUT2D eigenvalue weighted by Crippen LogP contribution is 2.40. The molecule has 3 heterocycles. The number of aromatic nitrogens is 1. The zero-order chi connectivity index (χ0) is 20.3. The Kier molecular flexibility index (Phi) is 5.71. The number of carbonyl (C=O) groups is 1. The molecule has 1 aromatic rings. The number of aliphatic hydroxyl groups excluding tert-OH is 1. The van der Waals surface area contributed by atoms with Gasteiger partial charge >= 0.3 is 11.9 Å². The topological polar surface area (TPSA) is 110 Å². The molecule has 150 valence electrons. The van der Waals surface area contributed by atoms with E-state index in [-0.39, 0.29) is 18.1 Å². The first kappa shape index (κ1) is 19.9. The summed E-state index contributed by atoms with van der Waals surface area (Å²) in [6.45, 7) is 3.05. The number of rotatable bonds is 6. The second-order valence-corrected chi connectivity index (χ2v) is 6.37. The van der Waals surface area contributed by atoms with Gasteiger partial charge in [-0.3, -0.25) is 9.78 Å². The Morgan fingerprint density at radius 2 is 2.29 bits per heavy atom. The fraction of sp³-hybridized carbons (Fsp3) is 0.389. The van der Waals surface area contributed by atoms with Crippen molar-refractivity contribution in [3.05, 3.63) is 54.8 Å². The van der Waals surface area contributed by atoms with Crippen LogP contribution in [0.5, 0.6) is 0 Å². The normalized spacial score (nSPS) is 26.2. The molecule has 0 spiro atoms. The van der Waals surface area contributed by atoms with Crippen LogP contribution in [0.1, 0.15) is 12.0 Å². The molecule has 1 aromatic heterocycles. The Balaban J connectivity index is 1.55. The number of aryl methyl sites for hydroxylation is 1. The standard InChI is InChI=1S/C18H20F2N4O4/c1-11-23-14(21)6-8-24(11)17-18(19,20)16(26)13(28-17)10-27-15(25)5-4-12-3-2-7-22-9-12/h2-3,6-9,13,16-17,26H,1,4-5,10H2,(H2,21,23)/t13-,16-,17-/m1/s1. The number of alkyl halides is 2. The quantitative estimate of drug-likeness (QED) is 0.691. The van der Waals surface area contributed by atoms with Crippen molar-refractivity contribution in [3.8, 4) is 0 Å². The lowest BCUT2D eigenvalue weighted by molar-refractivity contribution is -0.153. The average Bonchev–Trinajstić information content (AvgIpc) is 2.89. The second kappa shape index (κ2) is 8.03.